The number of thioether (sulfide) groups is 1. The van der Waals surface area contributed by atoms with Crippen LogP contribution < -0.4 is 0 Å². The summed E-state index contributed by atoms with van der Waals surface area (Å²) in [5.74, 6) is 0.949. The smallest absolute Gasteiger partial charge is 0.207 e. The molecular weight excluding hydrogens is 370 g/mol. The Labute approximate surface area is 151 Å². The van der Waals surface area contributed by atoms with Gasteiger partial charge < -0.3 is 0 Å². The van der Waals surface area contributed by atoms with Gasteiger partial charge in [0, 0.05) is 11.3 Å². The van der Waals surface area contributed by atoms with Crippen LogP contribution in [0.2, 0.25) is 10.0 Å². The number of aromatic nitrogens is 3. The van der Waals surface area contributed by atoms with Gasteiger partial charge in [-0.15, -0.1) is 10.2 Å². The predicted octanol–water partition coefficient (Wildman–Crippen LogP) is 4.75. The fraction of sp³-hybridized carbons (Fsp3) is 0.0625. The Hall–Kier alpha value is -1.89. The number of rotatable bonds is 2. The van der Waals surface area contributed by atoms with Gasteiger partial charge in [0.1, 0.15) is 5.82 Å². The molecule has 0 spiro atoms. The molecule has 3 aromatic rings. The molecular formula is C16H9Cl2FN4S. The molecule has 0 aliphatic carbocycles. The van der Waals surface area contributed by atoms with Crippen LogP contribution in [0.3, 0.4) is 0 Å². The highest BCUT2D eigenvalue weighted by Crippen LogP contribution is 2.31. The number of benzene rings is 2. The Balaban J connectivity index is 1.79. The van der Waals surface area contributed by atoms with Crippen molar-refractivity contribution in [1.29, 1.82) is 0 Å². The Morgan fingerprint density at radius 3 is 2.46 bits per heavy atom. The summed E-state index contributed by atoms with van der Waals surface area (Å²) in [4.78, 5) is 0. The first kappa shape index (κ1) is 15.6. The normalized spacial score (nSPS) is 13.5. The average Bonchev–Trinajstić information content (AvgIpc) is 3.01. The second-order valence-electron chi connectivity index (χ2n) is 5.09. The van der Waals surface area contributed by atoms with Gasteiger partial charge in [0.2, 0.25) is 5.16 Å². The quantitative estimate of drug-likeness (QED) is 0.646. The van der Waals surface area contributed by atoms with E-state index in [-0.39, 0.29) is 5.82 Å². The second-order valence-corrected chi connectivity index (χ2v) is 6.85. The lowest BCUT2D eigenvalue weighted by Gasteiger charge is -2.14. The highest BCUT2D eigenvalue weighted by atomic mass is 35.5. The molecule has 0 unspecified atom stereocenters. The molecule has 0 saturated carbocycles. The molecule has 0 N–H and O–H groups in total. The second kappa shape index (κ2) is 6.20. The summed E-state index contributed by atoms with van der Waals surface area (Å²) in [6.45, 7) is 0. The molecule has 2 heterocycles. The minimum Gasteiger partial charge on any atom is -0.207 e. The molecule has 1 aliphatic rings. The van der Waals surface area contributed by atoms with Crippen molar-refractivity contribution in [1.82, 2.24) is 14.9 Å². The van der Waals surface area contributed by atoms with E-state index in [4.69, 9.17) is 23.2 Å². The third kappa shape index (κ3) is 2.81. The van der Waals surface area contributed by atoms with Crippen molar-refractivity contribution in [3.63, 3.8) is 0 Å². The maximum Gasteiger partial charge on any atom is 0.212 e. The monoisotopic (exact) mass is 378 g/mol. The first-order valence-electron chi connectivity index (χ1n) is 6.99. The van der Waals surface area contributed by atoms with Crippen LogP contribution >= 0.6 is 35.0 Å². The third-order valence-electron chi connectivity index (χ3n) is 3.53. The molecule has 0 bridgehead atoms. The molecule has 1 aliphatic heterocycles. The van der Waals surface area contributed by atoms with E-state index >= 15 is 0 Å². The van der Waals surface area contributed by atoms with Crippen LogP contribution in [0.4, 0.5) is 4.39 Å². The first-order chi connectivity index (χ1) is 11.6. The van der Waals surface area contributed by atoms with Crippen molar-refractivity contribution in [2.45, 2.75) is 5.16 Å². The summed E-state index contributed by atoms with van der Waals surface area (Å²) >= 11 is 13.6. The number of fused-ring (bicyclic) bond motifs is 1. The zero-order valence-corrected chi connectivity index (χ0v) is 14.4. The molecule has 0 amide bonds. The van der Waals surface area contributed by atoms with Crippen molar-refractivity contribution in [3.8, 4) is 11.4 Å². The maximum absolute atomic E-state index is 13.1. The molecule has 4 rings (SSSR count). The van der Waals surface area contributed by atoms with Gasteiger partial charge in [-0.1, -0.05) is 47.1 Å². The van der Waals surface area contributed by atoms with Gasteiger partial charge in [-0.2, -0.15) is 9.78 Å². The van der Waals surface area contributed by atoms with E-state index in [9.17, 15) is 4.39 Å². The third-order valence-corrected chi connectivity index (χ3v) is 5.20. The van der Waals surface area contributed by atoms with Crippen molar-refractivity contribution in [2.75, 3.05) is 5.75 Å². The van der Waals surface area contributed by atoms with Crippen LogP contribution in [0.25, 0.3) is 11.4 Å². The molecule has 120 valence electrons. The Morgan fingerprint density at radius 1 is 0.958 bits per heavy atom. The van der Waals surface area contributed by atoms with Crippen LogP contribution in [0, 0.1) is 5.82 Å². The van der Waals surface area contributed by atoms with E-state index in [1.807, 2.05) is 6.07 Å². The van der Waals surface area contributed by atoms with Crippen molar-refractivity contribution in [2.24, 2.45) is 5.10 Å². The predicted molar refractivity (Wildman–Crippen MR) is 94.5 cm³/mol. The van der Waals surface area contributed by atoms with E-state index in [1.165, 1.54) is 23.9 Å². The Morgan fingerprint density at radius 2 is 1.71 bits per heavy atom. The highest BCUT2D eigenvalue weighted by Gasteiger charge is 2.21. The minimum atomic E-state index is -0.274. The highest BCUT2D eigenvalue weighted by molar-refractivity contribution is 7.99. The average molecular weight is 379 g/mol. The summed E-state index contributed by atoms with van der Waals surface area (Å²) in [7, 11) is 0. The largest absolute Gasteiger partial charge is 0.212 e. The summed E-state index contributed by atoms with van der Waals surface area (Å²) in [6.07, 6.45) is 0. The van der Waals surface area contributed by atoms with Crippen LogP contribution in [0.1, 0.15) is 5.56 Å². The van der Waals surface area contributed by atoms with E-state index in [2.05, 4.69) is 15.3 Å². The lowest BCUT2D eigenvalue weighted by Crippen LogP contribution is -2.13. The number of hydrogen-bond acceptors (Lipinski definition) is 4. The molecule has 0 radical (unpaired) electrons. The SMILES string of the molecule is Fc1ccc(C2=Nn3c(nnc3-c3ccc(Cl)c(Cl)c3)SC2)cc1. The fourth-order valence-corrected chi connectivity index (χ4v) is 3.46. The standard InChI is InChI=1S/C16H9Cl2FN4S/c17-12-6-3-10(7-13(12)18)15-20-21-16-23(15)22-14(8-24-16)9-1-4-11(19)5-2-9/h1-7H,8H2. The van der Waals surface area contributed by atoms with Gasteiger partial charge in [-0.25, -0.2) is 4.39 Å². The summed E-state index contributed by atoms with van der Waals surface area (Å²) < 4.78 is 14.8. The van der Waals surface area contributed by atoms with Crippen molar-refractivity contribution >= 4 is 40.7 Å². The summed E-state index contributed by atoms with van der Waals surface area (Å²) in [5.41, 5.74) is 2.46. The van der Waals surface area contributed by atoms with Crippen LogP contribution in [-0.4, -0.2) is 26.3 Å². The molecule has 2 aromatic carbocycles. The van der Waals surface area contributed by atoms with Gasteiger partial charge in [0.25, 0.3) is 0 Å². The Bertz CT molecular complexity index is 953. The van der Waals surface area contributed by atoms with Gasteiger partial charge in [-0.05, 0) is 35.9 Å². The molecule has 4 nitrogen and oxygen atoms in total. The maximum atomic E-state index is 13.1. The Kier molecular flexibility index (Phi) is 4.04. The first-order valence-corrected chi connectivity index (χ1v) is 8.73. The topological polar surface area (TPSA) is 43.1 Å². The van der Waals surface area contributed by atoms with Gasteiger partial charge >= 0.3 is 0 Å². The zero-order chi connectivity index (χ0) is 16.7. The summed E-state index contributed by atoms with van der Waals surface area (Å²) in [5, 5.41) is 14.6. The van der Waals surface area contributed by atoms with E-state index in [0.29, 0.717) is 26.8 Å². The number of nitrogens with zero attached hydrogens (tertiary/aromatic N) is 4. The molecule has 0 saturated heterocycles. The molecule has 0 atom stereocenters. The van der Waals surface area contributed by atoms with E-state index in [0.717, 1.165) is 16.8 Å². The number of halogens is 3. The molecule has 0 fully saturated rings. The molecule has 1 aromatic heterocycles. The molecule has 24 heavy (non-hydrogen) atoms. The van der Waals surface area contributed by atoms with E-state index < -0.39 is 0 Å². The van der Waals surface area contributed by atoms with Crippen LogP contribution in [0.5, 0.6) is 0 Å². The summed E-state index contributed by atoms with van der Waals surface area (Å²) in [6, 6.07) is 11.5. The lowest BCUT2D eigenvalue weighted by molar-refractivity contribution is 0.627. The van der Waals surface area contributed by atoms with Gasteiger partial charge in [0.15, 0.2) is 5.82 Å². The van der Waals surface area contributed by atoms with E-state index in [1.54, 1.807) is 28.9 Å². The number of hydrogen-bond donors (Lipinski definition) is 0. The fourth-order valence-electron chi connectivity index (χ4n) is 2.33. The van der Waals surface area contributed by atoms with Gasteiger partial charge in [0.05, 0.1) is 15.8 Å². The lowest BCUT2D eigenvalue weighted by atomic mass is 10.1. The molecule has 8 heteroatoms. The van der Waals surface area contributed by atoms with Crippen LogP contribution in [0.15, 0.2) is 52.7 Å². The van der Waals surface area contributed by atoms with Crippen molar-refractivity contribution < 1.29 is 4.39 Å². The zero-order valence-electron chi connectivity index (χ0n) is 12.1. The minimum absolute atomic E-state index is 0.274. The van der Waals surface area contributed by atoms with Crippen LogP contribution in [-0.2, 0) is 0 Å². The van der Waals surface area contributed by atoms with Gasteiger partial charge in [-0.3, -0.25) is 0 Å². The van der Waals surface area contributed by atoms with Crippen molar-refractivity contribution in [3.05, 3.63) is 63.9 Å².